The Hall–Kier alpha value is -3.38. The maximum absolute atomic E-state index is 12.5. The first-order valence-electron chi connectivity index (χ1n) is 9.76. The van der Waals surface area contributed by atoms with Gasteiger partial charge in [-0.25, -0.2) is 0 Å². The monoisotopic (exact) mass is 388 g/mol. The van der Waals surface area contributed by atoms with Crippen molar-refractivity contribution in [3.8, 4) is 0 Å². The highest BCUT2D eigenvalue weighted by Crippen LogP contribution is 2.29. The summed E-state index contributed by atoms with van der Waals surface area (Å²) in [5, 5.41) is 6.35. The standard InChI is InChI=1S/C23H24N4O2/c28-23(25-17-18-6-2-1-3-7-18)21-16-19(10-11-24-21)26-20-8-4-5-9-22(20)27-12-14-29-15-13-27/h1-11,16H,12-15,17H2,(H,24,26)(H,25,28). The molecule has 1 amide bonds. The molecular formula is C23H24N4O2. The van der Waals surface area contributed by atoms with Crippen molar-refractivity contribution < 1.29 is 9.53 Å². The second-order valence-electron chi connectivity index (χ2n) is 6.84. The molecular weight excluding hydrogens is 364 g/mol. The number of nitrogens with zero attached hydrogens (tertiary/aromatic N) is 2. The van der Waals surface area contributed by atoms with E-state index < -0.39 is 0 Å². The third-order valence-electron chi connectivity index (χ3n) is 4.82. The van der Waals surface area contributed by atoms with Crippen LogP contribution in [0.1, 0.15) is 16.1 Å². The van der Waals surface area contributed by atoms with Crippen molar-refractivity contribution in [2.45, 2.75) is 6.54 Å². The first kappa shape index (κ1) is 19.0. The SMILES string of the molecule is O=C(NCc1ccccc1)c1cc(Nc2ccccc2N2CCOCC2)ccn1. The van der Waals surface area contributed by atoms with Crippen molar-refractivity contribution in [3.05, 3.63) is 84.2 Å². The van der Waals surface area contributed by atoms with Gasteiger partial charge in [0.15, 0.2) is 0 Å². The van der Waals surface area contributed by atoms with E-state index in [0.717, 1.165) is 48.9 Å². The van der Waals surface area contributed by atoms with Crippen LogP contribution >= 0.6 is 0 Å². The number of para-hydroxylation sites is 2. The number of carbonyl (C=O) groups is 1. The van der Waals surface area contributed by atoms with E-state index in [1.807, 2.05) is 54.6 Å². The van der Waals surface area contributed by atoms with Gasteiger partial charge in [-0.3, -0.25) is 9.78 Å². The third kappa shape index (κ3) is 4.92. The van der Waals surface area contributed by atoms with Crippen LogP contribution in [0.15, 0.2) is 72.9 Å². The van der Waals surface area contributed by atoms with E-state index in [0.29, 0.717) is 12.2 Å². The van der Waals surface area contributed by atoms with E-state index in [2.05, 4.69) is 26.6 Å². The van der Waals surface area contributed by atoms with Gasteiger partial charge in [0.2, 0.25) is 0 Å². The summed E-state index contributed by atoms with van der Waals surface area (Å²) in [5.41, 5.74) is 4.38. The number of hydrogen-bond acceptors (Lipinski definition) is 5. The van der Waals surface area contributed by atoms with Gasteiger partial charge in [-0.1, -0.05) is 42.5 Å². The molecule has 4 rings (SSSR count). The molecule has 2 N–H and O–H groups in total. The van der Waals surface area contributed by atoms with Gasteiger partial charge in [0.1, 0.15) is 5.69 Å². The number of aromatic nitrogens is 1. The van der Waals surface area contributed by atoms with E-state index in [1.165, 1.54) is 0 Å². The Balaban J connectivity index is 1.46. The molecule has 148 valence electrons. The second-order valence-corrected chi connectivity index (χ2v) is 6.84. The highest BCUT2D eigenvalue weighted by molar-refractivity contribution is 5.93. The fourth-order valence-corrected chi connectivity index (χ4v) is 3.32. The number of amides is 1. The summed E-state index contributed by atoms with van der Waals surface area (Å²) in [6.07, 6.45) is 1.65. The zero-order valence-electron chi connectivity index (χ0n) is 16.2. The van der Waals surface area contributed by atoms with Crippen LogP contribution in [0, 0.1) is 0 Å². The summed E-state index contributed by atoms with van der Waals surface area (Å²) in [7, 11) is 0. The normalized spacial score (nSPS) is 13.7. The minimum atomic E-state index is -0.195. The second kappa shape index (κ2) is 9.21. The van der Waals surface area contributed by atoms with Crippen molar-refractivity contribution in [2.24, 2.45) is 0 Å². The number of ether oxygens (including phenoxy) is 1. The zero-order chi connectivity index (χ0) is 19.9. The van der Waals surface area contributed by atoms with Crippen LogP contribution in [-0.4, -0.2) is 37.2 Å². The summed E-state index contributed by atoms with van der Waals surface area (Å²) in [6, 6.07) is 21.6. The Kier molecular flexibility index (Phi) is 6.02. The highest BCUT2D eigenvalue weighted by Gasteiger charge is 2.15. The Morgan fingerprint density at radius 3 is 2.59 bits per heavy atom. The predicted molar refractivity (Wildman–Crippen MR) is 115 cm³/mol. The molecule has 1 aromatic heterocycles. The molecule has 29 heavy (non-hydrogen) atoms. The summed E-state index contributed by atoms with van der Waals surface area (Å²) in [4.78, 5) is 19.0. The topological polar surface area (TPSA) is 66.5 Å². The molecule has 3 aromatic rings. The largest absolute Gasteiger partial charge is 0.378 e. The molecule has 1 saturated heterocycles. The molecule has 1 aliphatic rings. The fraction of sp³-hybridized carbons (Fsp3) is 0.217. The molecule has 6 nitrogen and oxygen atoms in total. The van der Waals surface area contributed by atoms with Crippen LogP contribution in [-0.2, 0) is 11.3 Å². The highest BCUT2D eigenvalue weighted by atomic mass is 16.5. The van der Waals surface area contributed by atoms with E-state index in [9.17, 15) is 4.79 Å². The summed E-state index contributed by atoms with van der Waals surface area (Å²) in [6.45, 7) is 3.66. The van der Waals surface area contributed by atoms with Gasteiger partial charge < -0.3 is 20.3 Å². The van der Waals surface area contributed by atoms with Crippen molar-refractivity contribution in [2.75, 3.05) is 36.5 Å². The molecule has 0 radical (unpaired) electrons. The molecule has 0 spiro atoms. The summed E-state index contributed by atoms with van der Waals surface area (Å²) >= 11 is 0. The van der Waals surface area contributed by atoms with Crippen LogP contribution in [0.4, 0.5) is 17.1 Å². The smallest absolute Gasteiger partial charge is 0.270 e. The van der Waals surface area contributed by atoms with Crippen molar-refractivity contribution in [3.63, 3.8) is 0 Å². The van der Waals surface area contributed by atoms with Gasteiger partial charge in [0.25, 0.3) is 5.91 Å². The first-order chi connectivity index (χ1) is 14.3. The third-order valence-corrected chi connectivity index (χ3v) is 4.82. The maximum Gasteiger partial charge on any atom is 0.270 e. The van der Waals surface area contributed by atoms with Gasteiger partial charge in [-0.15, -0.1) is 0 Å². The molecule has 1 fully saturated rings. The Bertz CT molecular complexity index is 956. The number of anilines is 3. The number of nitrogens with one attached hydrogen (secondary N) is 2. The van der Waals surface area contributed by atoms with Crippen LogP contribution in [0.2, 0.25) is 0 Å². The number of hydrogen-bond donors (Lipinski definition) is 2. The summed E-state index contributed by atoms with van der Waals surface area (Å²) < 4.78 is 5.46. The molecule has 0 unspecified atom stereocenters. The lowest BCUT2D eigenvalue weighted by atomic mass is 10.2. The molecule has 2 heterocycles. The van der Waals surface area contributed by atoms with E-state index in [4.69, 9.17) is 4.74 Å². The molecule has 0 aliphatic carbocycles. The fourth-order valence-electron chi connectivity index (χ4n) is 3.32. The Morgan fingerprint density at radius 2 is 1.76 bits per heavy atom. The van der Waals surface area contributed by atoms with Crippen LogP contribution in [0.3, 0.4) is 0 Å². The lowest BCUT2D eigenvalue weighted by Crippen LogP contribution is -2.36. The van der Waals surface area contributed by atoms with E-state index in [-0.39, 0.29) is 5.91 Å². The number of pyridine rings is 1. The maximum atomic E-state index is 12.5. The molecule has 6 heteroatoms. The molecule has 0 bridgehead atoms. The van der Waals surface area contributed by atoms with Crippen molar-refractivity contribution in [1.82, 2.24) is 10.3 Å². The number of morpholine rings is 1. The van der Waals surface area contributed by atoms with Gasteiger partial charge in [0.05, 0.1) is 24.6 Å². The van der Waals surface area contributed by atoms with Crippen LogP contribution < -0.4 is 15.5 Å². The molecule has 2 aromatic carbocycles. The number of rotatable bonds is 6. The Labute approximate surface area is 170 Å². The average molecular weight is 388 g/mol. The van der Waals surface area contributed by atoms with Gasteiger partial charge >= 0.3 is 0 Å². The van der Waals surface area contributed by atoms with Gasteiger partial charge in [0, 0.05) is 31.5 Å². The minimum Gasteiger partial charge on any atom is -0.378 e. The van der Waals surface area contributed by atoms with Crippen LogP contribution in [0.25, 0.3) is 0 Å². The zero-order valence-corrected chi connectivity index (χ0v) is 16.2. The predicted octanol–water partition coefficient (Wildman–Crippen LogP) is 3.59. The lowest BCUT2D eigenvalue weighted by molar-refractivity contribution is 0.0946. The first-order valence-corrected chi connectivity index (χ1v) is 9.76. The Morgan fingerprint density at radius 1 is 1.00 bits per heavy atom. The summed E-state index contributed by atoms with van der Waals surface area (Å²) in [5.74, 6) is -0.195. The van der Waals surface area contributed by atoms with Crippen molar-refractivity contribution >= 4 is 23.0 Å². The van der Waals surface area contributed by atoms with Gasteiger partial charge in [-0.2, -0.15) is 0 Å². The van der Waals surface area contributed by atoms with E-state index >= 15 is 0 Å². The minimum absolute atomic E-state index is 0.195. The quantitative estimate of drug-likeness (QED) is 0.676. The molecule has 1 aliphatic heterocycles. The molecule has 0 atom stereocenters. The lowest BCUT2D eigenvalue weighted by Gasteiger charge is -2.30. The van der Waals surface area contributed by atoms with E-state index in [1.54, 1.807) is 12.3 Å². The van der Waals surface area contributed by atoms with Crippen LogP contribution in [0.5, 0.6) is 0 Å². The van der Waals surface area contributed by atoms with Crippen molar-refractivity contribution in [1.29, 1.82) is 0 Å². The molecule has 0 saturated carbocycles. The average Bonchev–Trinajstić information content (AvgIpc) is 2.79. The number of benzene rings is 2. The van der Waals surface area contributed by atoms with Gasteiger partial charge in [-0.05, 0) is 29.8 Å². The number of carbonyl (C=O) groups excluding carboxylic acids is 1.